The number of piperidine rings is 1. The van der Waals surface area contributed by atoms with Crippen molar-refractivity contribution >= 4 is 17.8 Å². The number of guanidine groups is 1. The lowest BCUT2D eigenvalue weighted by atomic mass is 9.91. The van der Waals surface area contributed by atoms with Gasteiger partial charge in [0, 0.05) is 38.1 Å². The third kappa shape index (κ3) is 3.18. The van der Waals surface area contributed by atoms with Crippen LogP contribution in [0, 0.1) is 5.92 Å². The van der Waals surface area contributed by atoms with E-state index in [-0.39, 0.29) is 23.7 Å². The zero-order valence-corrected chi connectivity index (χ0v) is 13.2. The van der Waals surface area contributed by atoms with E-state index in [4.69, 9.17) is 5.73 Å². The predicted molar refractivity (Wildman–Crippen MR) is 85.7 cm³/mol. The Hall–Kier alpha value is -2.44. The third-order valence-corrected chi connectivity index (χ3v) is 4.54. The van der Waals surface area contributed by atoms with E-state index in [1.165, 1.54) is 4.90 Å². The van der Waals surface area contributed by atoms with E-state index in [0.29, 0.717) is 18.5 Å². The van der Waals surface area contributed by atoms with Gasteiger partial charge in [-0.1, -0.05) is 0 Å². The van der Waals surface area contributed by atoms with Gasteiger partial charge in [-0.25, -0.2) is 4.99 Å². The number of carbonyl (C=O) groups is 2. The molecule has 23 heavy (non-hydrogen) atoms. The molecule has 2 aliphatic rings. The molecule has 2 amide bonds. The molecule has 2 aliphatic heterocycles. The van der Waals surface area contributed by atoms with Crippen molar-refractivity contribution < 1.29 is 9.59 Å². The summed E-state index contributed by atoms with van der Waals surface area (Å²) in [7, 11) is 1.64. The van der Waals surface area contributed by atoms with E-state index in [9.17, 15) is 9.59 Å². The first-order valence-electron chi connectivity index (χ1n) is 7.86. The van der Waals surface area contributed by atoms with Crippen LogP contribution in [0.15, 0.2) is 29.5 Å². The molecule has 3 heterocycles. The number of aliphatic imine (C=N–C) groups is 1. The van der Waals surface area contributed by atoms with Crippen LogP contribution < -0.4 is 5.73 Å². The summed E-state index contributed by atoms with van der Waals surface area (Å²) in [5, 5.41) is 0. The van der Waals surface area contributed by atoms with Crippen molar-refractivity contribution in [2.45, 2.75) is 25.3 Å². The summed E-state index contributed by atoms with van der Waals surface area (Å²) in [6.07, 6.45) is 5.84. The molecule has 0 spiro atoms. The Morgan fingerprint density at radius 3 is 2.78 bits per heavy atom. The first-order valence-corrected chi connectivity index (χ1v) is 7.86. The summed E-state index contributed by atoms with van der Waals surface area (Å²) in [6.45, 7) is 1.41. The SMILES string of the molecule is CN1C(=O)[C@H](CC2CCCN(C(=O)c3ccncc3)C2)N=C1N. The van der Waals surface area contributed by atoms with Gasteiger partial charge in [-0.2, -0.15) is 0 Å². The highest BCUT2D eigenvalue weighted by atomic mass is 16.2. The molecular weight excluding hydrogens is 294 g/mol. The third-order valence-electron chi connectivity index (χ3n) is 4.54. The second-order valence-corrected chi connectivity index (χ2v) is 6.13. The van der Waals surface area contributed by atoms with Gasteiger partial charge in [-0.05, 0) is 37.3 Å². The Balaban J connectivity index is 1.63. The second kappa shape index (κ2) is 6.36. The van der Waals surface area contributed by atoms with Crippen molar-refractivity contribution in [3.8, 4) is 0 Å². The molecule has 0 aromatic carbocycles. The van der Waals surface area contributed by atoms with Gasteiger partial charge in [0.05, 0.1) is 0 Å². The van der Waals surface area contributed by atoms with Crippen molar-refractivity contribution in [2.24, 2.45) is 16.6 Å². The van der Waals surface area contributed by atoms with Crippen LogP contribution in [-0.2, 0) is 4.79 Å². The molecule has 7 heteroatoms. The highest BCUT2D eigenvalue weighted by Crippen LogP contribution is 2.25. The molecule has 0 bridgehead atoms. The fourth-order valence-electron chi connectivity index (χ4n) is 3.23. The van der Waals surface area contributed by atoms with E-state index in [2.05, 4.69) is 9.98 Å². The number of hydrogen-bond acceptors (Lipinski definition) is 5. The minimum atomic E-state index is -0.402. The van der Waals surface area contributed by atoms with Gasteiger partial charge >= 0.3 is 0 Å². The topological polar surface area (TPSA) is 91.9 Å². The minimum absolute atomic E-state index is 0.0231. The quantitative estimate of drug-likeness (QED) is 0.878. The zero-order valence-electron chi connectivity index (χ0n) is 13.2. The van der Waals surface area contributed by atoms with E-state index >= 15 is 0 Å². The lowest BCUT2D eigenvalue weighted by Gasteiger charge is -2.33. The molecule has 2 N–H and O–H groups in total. The summed E-state index contributed by atoms with van der Waals surface area (Å²) in [5.74, 6) is 0.516. The number of likely N-dealkylation sites (tertiary alicyclic amines) is 1. The Bertz CT molecular complexity index is 631. The highest BCUT2D eigenvalue weighted by molar-refractivity contribution is 6.03. The summed E-state index contributed by atoms with van der Waals surface area (Å²) in [5.41, 5.74) is 6.35. The van der Waals surface area contributed by atoms with Crippen LogP contribution in [0.5, 0.6) is 0 Å². The molecule has 3 rings (SSSR count). The van der Waals surface area contributed by atoms with Gasteiger partial charge < -0.3 is 10.6 Å². The molecule has 1 aromatic rings. The maximum Gasteiger partial charge on any atom is 0.253 e. The number of aromatic nitrogens is 1. The summed E-state index contributed by atoms with van der Waals surface area (Å²) in [6, 6.07) is 3.06. The monoisotopic (exact) mass is 315 g/mol. The van der Waals surface area contributed by atoms with Gasteiger partial charge in [0.1, 0.15) is 6.04 Å². The number of nitrogens with zero attached hydrogens (tertiary/aromatic N) is 4. The fourth-order valence-corrected chi connectivity index (χ4v) is 3.23. The number of amides is 2. The van der Waals surface area contributed by atoms with Gasteiger partial charge in [0.2, 0.25) is 0 Å². The maximum absolute atomic E-state index is 12.5. The molecular formula is C16H21N5O2. The number of nitrogens with two attached hydrogens (primary N) is 1. The van der Waals surface area contributed by atoms with Gasteiger partial charge in [-0.15, -0.1) is 0 Å². The van der Waals surface area contributed by atoms with E-state index in [0.717, 1.165) is 19.4 Å². The average molecular weight is 315 g/mol. The lowest BCUT2D eigenvalue weighted by Crippen LogP contribution is -2.41. The molecule has 1 saturated heterocycles. The minimum Gasteiger partial charge on any atom is -0.369 e. The lowest BCUT2D eigenvalue weighted by molar-refractivity contribution is -0.126. The summed E-state index contributed by atoms with van der Waals surface area (Å²) < 4.78 is 0. The zero-order chi connectivity index (χ0) is 16.4. The number of pyridine rings is 1. The van der Waals surface area contributed by atoms with Crippen LogP contribution in [0.2, 0.25) is 0 Å². The summed E-state index contributed by atoms with van der Waals surface area (Å²) >= 11 is 0. The predicted octanol–water partition coefficient (Wildman–Crippen LogP) is 0.479. The van der Waals surface area contributed by atoms with Crippen molar-refractivity contribution in [3.05, 3.63) is 30.1 Å². The average Bonchev–Trinajstić information content (AvgIpc) is 2.82. The van der Waals surface area contributed by atoms with Crippen LogP contribution in [0.25, 0.3) is 0 Å². The molecule has 0 radical (unpaired) electrons. The number of hydrogen-bond donors (Lipinski definition) is 1. The van der Waals surface area contributed by atoms with Crippen molar-refractivity contribution in [2.75, 3.05) is 20.1 Å². The van der Waals surface area contributed by atoms with Gasteiger partial charge in [-0.3, -0.25) is 19.5 Å². The Morgan fingerprint density at radius 2 is 2.13 bits per heavy atom. The van der Waals surface area contributed by atoms with Crippen LogP contribution in [0.3, 0.4) is 0 Å². The van der Waals surface area contributed by atoms with Crippen molar-refractivity contribution in [1.82, 2.24) is 14.8 Å². The normalized spacial score (nSPS) is 24.7. The summed E-state index contributed by atoms with van der Waals surface area (Å²) in [4.78, 5) is 36.0. The van der Waals surface area contributed by atoms with Crippen LogP contribution in [0.4, 0.5) is 0 Å². The molecule has 2 atom stereocenters. The standard InChI is InChI=1S/C16H21N5O2/c1-20-15(23)13(19-16(20)17)9-11-3-2-8-21(10-11)14(22)12-4-6-18-7-5-12/h4-7,11,13H,2-3,8-10H2,1H3,(H2,17,19)/t11?,13-/m0/s1. The van der Waals surface area contributed by atoms with Crippen LogP contribution in [-0.4, -0.2) is 58.7 Å². The molecule has 1 aromatic heterocycles. The molecule has 122 valence electrons. The Kier molecular flexibility index (Phi) is 4.27. The van der Waals surface area contributed by atoms with Crippen molar-refractivity contribution in [3.63, 3.8) is 0 Å². The van der Waals surface area contributed by atoms with Crippen LogP contribution >= 0.6 is 0 Å². The van der Waals surface area contributed by atoms with Gasteiger partial charge in [0.15, 0.2) is 5.96 Å². The van der Waals surface area contributed by atoms with Gasteiger partial charge in [0.25, 0.3) is 11.8 Å². The van der Waals surface area contributed by atoms with E-state index in [1.54, 1.807) is 31.6 Å². The van der Waals surface area contributed by atoms with Crippen molar-refractivity contribution in [1.29, 1.82) is 0 Å². The molecule has 7 nitrogen and oxygen atoms in total. The maximum atomic E-state index is 12.5. The molecule has 1 fully saturated rings. The first kappa shape index (κ1) is 15.5. The number of carbonyl (C=O) groups excluding carboxylic acids is 2. The highest BCUT2D eigenvalue weighted by Gasteiger charge is 2.34. The van der Waals surface area contributed by atoms with E-state index in [1.807, 2.05) is 4.90 Å². The smallest absolute Gasteiger partial charge is 0.253 e. The first-order chi connectivity index (χ1) is 11.1. The van der Waals surface area contributed by atoms with E-state index < -0.39 is 6.04 Å². The fraction of sp³-hybridized carbons (Fsp3) is 0.500. The van der Waals surface area contributed by atoms with Crippen LogP contribution in [0.1, 0.15) is 29.6 Å². The molecule has 1 unspecified atom stereocenters. The number of likely N-dealkylation sites (N-methyl/N-ethyl adjacent to an activating group) is 1. The molecule has 0 aliphatic carbocycles. The largest absolute Gasteiger partial charge is 0.369 e. The molecule has 0 saturated carbocycles. The Morgan fingerprint density at radius 1 is 1.39 bits per heavy atom. The number of rotatable bonds is 3. The second-order valence-electron chi connectivity index (χ2n) is 6.13. The Labute approximate surface area is 135 Å².